The molecule has 0 saturated carbocycles. The van der Waals surface area contributed by atoms with E-state index in [0.717, 1.165) is 0 Å². The van der Waals surface area contributed by atoms with Gasteiger partial charge in [0.05, 0.1) is 12.8 Å². The van der Waals surface area contributed by atoms with Gasteiger partial charge in [-0.2, -0.15) is 5.10 Å². The third kappa shape index (κ3) is 6.57. The molecule has 8 nitrogen and oxygen atoms in total. The molecule has 0 unspecified atom stereocenters. The second-order valence-electron chi connectivity index (χ2n) is 6.86. The maximum Gasteiger partial charge on any atom is 0.347 e. The molecular weight excluding hydrogens is 481 g/mol. The van der Waals surface area contributed by atoms with Gasteiger partial charge in [0.15, 0.2) is 0 Å². The standard InChI is InChI=1S/C24H19Cl2N3O5/c1-14(28-29-23(31)22(30)27-18-12-16(25)11-17(26)13-18)15-7-9-19(10-8-15)34-24(32)20-5-3-4-6-21(20)33-2/h3-13H,1-2H3,(H,27,30)(H,29,31)/b28-14+. The maximum atomic E-state index is 12.4. The highest BCUT2D eigenvalue weighted by Gasteiger charge is 2.15. The highest BCUT2D eigenvalue weighted by molar-refractivity contribution is 6.40. The number of nitrogens with zero attached hydrogens (tertiary/aromatic N) is 1. The summed E-state index contributed by atoms with van der Waals surface area (Å²) in [6.45, 7) is 1.64. The molecular formula is C24H19Cl2N3O5. The minimum absolute atomic E-state index is 0.275. The van der Waals surface area contributed by atoms with Gasteiger partial charge in [-0.25, -0.2) is 10.2 Å². The van der Waals surface area contributed by atoms with Crippen LogP contribution in [0.5, 0.6) is 11.5 Å². The van der Waals surface area contributed by atoms with Crippen molar-refractivity contribution in [2.24, 2.45) is 5.10 Å². The summed E-state index contributed by atoms with van der Waals surface area (Å²) in [7, 11) is 1.47. The molecule has 0 spiro atoms. The fraction of sp³-hybridized carbons (Fsp3) is 0.0833. The van der Waals surface area contributed by atoms with E-state index in [1.165, 1.54) is 25.3 Å². The average molecular weight is 500 g/mol. The zero-order chi connectivity index (χ0) is 24.7. The predicted molar refractivity (Wildman–Crippen MR) is 130 cm³/mol. The minimum Gasteiger partial charge on any atom is -0.496 e. The Labute approximate surface area is 205 Å². The van der Waals surface area contributed by atoms with Crippen molar-refractivity contribution in [2.75, 3.05) is 12.4 Å². The number of benzene rings is 3. The molecule has 0 saturated heterocycles. The monoisotopic (exact) mass is 499 g/mol. The lowest BCUT2D eigenvalue weighted by atomic mass is 10.1. The first-order valence-corrected chi connectivity index (χ1v) is 10.6. The van der Waals surface area contributed by atoms with Crippen molar-refractivity contribution in [3.63, 3.8) is 0 Å². The van der Waals surface area contributed by atoms with Crippen molar-refractivity contribution in [3.05, 3.63) is 87.9 Å². The molecule has 2 amide bonds. The van der Waals surface area contributed by atoms with E-state index in [9.17, 15) is 14.4 Å². The molecule has 0 aromatic heterocycles. The fourth-order valence-corrected chi connectivity index (χ4v) is 3.33. The van der Waals surface area contributed by atoms with Crippen LogP contribution < -0.4 is 20.2 Å². The van der Waals surface area contributed by atoms with Gasteiger partial charge < -0.3 is 14.8 Å². The maximum absolute atomic E-state index is 12.4. The van der Waals surface area contributed by atoms with E-state index in [2.05, 4.69) is 15.8 Å². The number of esters is 1. The van der Waals surface area contributed by atoms with Crippen molar-refractivity contribution in [1.82, 2.24) is 5.43 Å². The molecule has 0 aliphatic heterocycles. The van der Waals surface area contributed by atoms with Crippen LogP contribution in [-0.4, -0.2) is 30.6 Å². The zero-order valence-corrected chi connectivity index (χ0v) is 19.6. The Morgan fingerprint density at radius 2 is 1.53 bits per heavy atom. The quantitative estimate of drug-likeness (QED) is 0.168. The summed E-state index contributed by atoms with van der Waals surface area (Å²) in [5.74, 6) is -1.75. The number of carbonyl (C=O) groups is 3. The first-order chi connectivity index (χ1) is 16.3. The van der Waals surface area contributed by atoms with Crippen molar-refractivity contribution >= 4 is 52.4 Å². The molecule has 0 heterocycles. The lowest BCUT2D eigenvalue weighted by Crippen LogP contribution is -2.32. The average Bonchev–Trinajstić information content (AvgIpc) is 2.82. The van der Waals surface area contributed by atoms with E-state index >= 15 is 0 Å². The van der Waals surface area contributed by atoms with E-state index in [-0.39, 0.29) is 5.69 Å². The van der Waals surface area contributed by atoms with Crippen LogP contribution in [0.25, 0.3) is 0 Å². The Morgan fingerprint density at radius 1 is 0.882 bits per heavy atom. The van der Waals surface area contributed by atoms with Gasteiger partial charge in [-0.1, -0.05) is 35.3 Å². The number of hydrogen-bond donors (Lipinski definition) is 2. The second-order valence-corrected chi connectivity index (χ2v) is 7.74. The summed E-state index contributed by atoms with van der Waals surface area (Å²) in [4.78, 5) is 36.5. The zero-order valence-electron chi connectivity index (χ0n) is 18.1. The van der Waals surface area contributed by atoms with E-state index in [1.807, 2.05) is 0 Å². The van der Waals surface area contributed by atoms with Crippen LogP contribution in [0, 0.1) is 0 Å². The van der Waals surface area contributed by atoms with Gasteiger partial charge in [0.2, 0.25) is 0 Å². The van der Waals surface area contributed by atoms with Gasteiger partial charge in [0.1, 0.15) is 17.1 Å². The fourth-order valence-electron chi connectivity index (χ4n) is 2.80. The van der Waals surface area contributed by atoms with Crippen molar-refractivity contribution in [2.45, 2.75) is 6.92 Å². The molecule has 0 aliphatic carbocycles. The molecule has 2 N–H and O–H groups in total. The third-order valence-electron chi connectivity index (χ3n) is 4.46. The first kappa shape index (κ1) is 24.8. The number of hydrogen-bond acceptors (Lipinski definition) is 6. The van der Waals surface area contributed by atoms with Crippen molar-refractivity contribution in [1.29, 1.82) is 0 Å². The van der Waals surface area contributed by atoms with Gasteiger partial charge in [0.25, 0.3) is 0 Å². The number of amides is 2. The van der Waals surface area contributed by atoms with Crippen molar-refractivity contribution < 1.29 is 23.9 Å². The lowest BCUT2D eigenvalue weighted by molar-refractivity contribution is -0.136. The van der Waals surface area contributed by atoms with Crippen LogP contribution in [0.3, 0.4) is 0 Å². The number of hydrazone groups is 1. The molecule has 0 radical (unpaired) electrons. The van der Waals surface area contributed by atoms with E-state index in [1.54, 1.807) is 55.5 Å². The van der Waals surface area contributed by atoms with Crippen LogP contribution in [0.4, 0.5) is 5.69 Å². The molecule has 3 aromatic rings. The van der Waals surface area contributed by atoms with Crippen molar-refractivity contribution in [3.8, 4) is 11.5 Å². The molecule has 174 valence electrons. The highest BCUT2D eigenvalue weighted by atomic mass is 35.5. The Morgan fingerprint density at radius 3 is 2.18 bits per heavy atom. The SMILES string of the molecule is COc1ccccc1C(=O)Oc1ccc(/C(C)=N/NC(=O)C(=O)Nc2cc(Cl)cc(Cl)c2)cc1. The molecule has 0 fully saturated rings. The Hall–Kier alpha value is -3.88. The Kier molecular flexibility index (Phi) is 8.24. The number of halogens is 2. The minimum atomic E-state index is -0.974. The van der Waals surface area contributed by atoms with Crippen LogP contribution in [0.2, 0.25) is 10.0 Å². The number of ether oxygens (including phenoxy) is 2. The van der Waals surface area contributed by atoms with Gasteiger partial charge in [0, 0.05) is 15.7 Å². The summed E-state index contributed by atoms with van der Waals surface area (Å²) in [5, 5.41) is 6.95. The van der Waals surface area contributed by atoms with Crippen LogP contribution in [0.15, 0.2) is 71.8 Å². The molecule has 34 heavy (non-hydrogen) atoms. The number of anilines is 1. The van der Waals surface area contributed by atoms with Gasteiger partial charge in [-0.15, -0.1) is 0 Å². The van der Waals surface area contributed by atoms with E-state index in [0.29, 0.717) is 38.4 Å². The molecule has 0 aliphatic rings. The Bertz CT molecular complexity index is 1240. The molecule has 0 bridgehead atoms. The summed E-state index contributed by atoms with van der Waals surface area (Å²) >= 11 is 11.8. The van der Waals surface area contributed by atoms with Crippen LogP contribution >= 0.6 is 23.2 Å². The number of carbonyl (C=O) groups excluding carboxylic acids is 3. The van der Waals surface area contributed by atoms with Gasteiger partial charge >= 0.3 is 17.8 Å². The topological polar surface area (TPSA) is 106 Å². The number of para-hydroxylation sites is 1. The third-order valence-corrected chi connectivity index (χ3v) is 4.90. The summed E-state index contributed by atoms with van der Waals surface area (Å²) in [6, 6.07) is 17.6. The smallest absolute Gasteiger partial charge is 0.347 e. The predicted octanol–water partition coefficient (Wildman–Crippen LogP) is 4.70. The Balaban J connectivity index is 1.59. The summed E-state index contributed by atoms with van der Waals surface area (Å²) < 4.78 is 10.6. The lowest BCUT2D eigenvalue weighted by Gasteiger charge is -2.09. The number of nitrogens with one attached hydrogen (secondary N) is 2. The molecule has 0 atom stereocenters. The van der Waals surface area contributed by atoms with E-state index in [4.69, 9.17) is 32.7 Å². The summed E-state index contributed by atoms with van der Waals surface area (Å²) in [5.41, 5.74) is 3.82. The van der Waals surface area contributed by atoms with Crippen LogP contribution in [0.1, 0.15) is 22.8 Å². The van der Waals surface area contributed by atoms with Gasteiger partial charge in [-0.05, 0) is 67.1 Å². The molecule has 10 heteroatoms. The number of methoxy groups -OCH3 is 1. The number of rotatable bonds is 6. The molecule has 3 rings (SSSR count). The normalized spacial score (nSPS) is 10.9. The van der Waals surface area contributed by atoms with Crippen LogP contribution in [-0.2, 0) is 9.59 Å². The highest BCUT2D eigenvalue weighted by Crippen LogP contribution is 2.23. The first-order valence-electron chi connectivity index (χ1n) is 9.84. The largest absolute Gasteiger partial charge is 0.496 e. The second kappa shape index (κ2) is 11.3. The van der Waals surface area contributed by atoms with E-state index < -0.39 is 17.8 Å². The van der Waals surface area contributed by atoms with Gasteiger partial charge in [-0.3, -0.25) is 9.59 Å². The molecule has 3 aromatic carbocycles. The summed E-state index contributed by atoms with van der Waals surface area (Å²) in [6.07, 6.45) is 0.